The van der Waals surface area contributed by atoms with Gasteiger partial charge < -0.3 is 4.90 Å². The summed E-state index contributed by atoms with van der Waals surface area (Å²) < 4.78 is 0. The molecule has 0 fully saturated rings. The Bertz CT molecular complexity index is 1050. The predicted octanol–water partition coefficient (Wildman–Crippen LogP) is 4.82. The zero-order valence-corrected chi connectivity index (χ0v) is 14.7. The van der Waals surface area contributed by atoms with Crippen LogP contribution in [0.3, 0.4) is 0 Å². The van der Waals surface area contributed by atoms with Crippen LogP contribution >= 0.6 is 22.7 Å². The van der Waals surface area contributed by atoms with Gasteiger partial charge in [0.2, 0.25) is 0 Å². The van der Waals surface area contributed by atoms with Crippen molar-refractivity contribution < 1.29 is 0 Å². The van der Waals surface area contributed by atoms with Crippen molar-refractivity contribution in [2.45, 2.75) is 13.3 Å². The van der Waals surface area contributed by atoms with Gasteiger partial charge in [-0.15, -0.1) is 22.7 Å². The normalized spacial score (nSPS) is 13.6. The van der Waals surface area contributed by atoms with Gasteiger partial charge in [0, 0.05) is 23.2 Å². The summed E-state index contributed by atoms with van der Waals surface area (Å²) in [5.41, 5.74) is 4.88. The SMILES string of the molecule is Cc1nc(-c2ccc3c(c2)CCN3c2ncnc3sccc23)cs1. The molecule has 4 aromatic rings. The third-order valence-electron chi connectivity index (χ3n) is 4.39. The second-order valence-corrected chi connectivity index (χ2v) is 7.79. The molecule has 118 valence electrons. The van der Waals surface area contributed by atoms with Crippen molar-refractivity contribution in [3.63, 3.8) is 0 Å². The highest BCUT2D eigenvalue weighted by Crippen LogP contribution is 2.39. The highest BCUT2D eigenvalue weighted by Gasteiger charge is 2.24. The van der Waals surface area contributed by atoms with E-state index in [0.29, 0.717) is 0 Å². The molecule has 24 heavy (non-hydrogen) atoms. The highest BCUT2D eigenvalue weighted by atomic mass is 32.1. The number of thiazole rings is 1. The van der Waals surface area contributed by atoms with Gasteiger partial charge in [-0.3, -0.25) is 0 Å². The number of hydrogen-bond donors (Lipinski definition) is 0. The van der Waals surface area contributed by atoms with Crippen LogP contribution in [0, 0.1) is 6.92 Å². The average Bonchev–Trinajstić information content (AvgIpc) is 3.32. The maximum Gasteiger partial charge on any atom is 0.145 e. The number of fused-ring (bicyclic) bond motifs is 2. The molecule has 4 nitrogen and oxygen atoms in total. The molecule has 0 bridgehead atoms. The molecule has 0 amide bonds. The van der Waals surface area contributed by atoms with Crippen LogP contribution in [0.2, 0.25) is 0 Å². The Balaban J connectivity index is 1.59. The van der Waals surface area contributed by atoms with E-state index in [1.54, 1.807) is 29.0 Å². The molecule has 5 rings (SSSR count). The number of aromatic nitrogens is 3. The zero-order valence-electron chi connectivity index (χ0n) is 13.1. The first-order chi connectivity index (χ1) is 11.8. The van der Waals surface area contributed by atoms with E-state index in [-0.39, 0.29) is 0 Å². The first-order valence-corrected chi connectivity index (χ1v) is 9.57. The topological polar surface area (TPSA) is 41.9 Å². The third-order valence-corrected chi connectivity index (χ3v) is 5.98. The Morgan fingerprint density at radius 1 is 1.12 bits per heavy atom. The average molecular weight is 350 g/mol. The van der Waals surface area contributed by atoms with Crippen molar-refractivity contribution in [2.24, 2.45) is 0 Å². The van der Waals surface area contributed by atoms with Crippen LogP contribution in [-0.4, -0.2) is 21.5 Å². The molecule has 0 saturated heterocycles. The van der Waals surface area contributed by atoms with Crippen molar-refractivity contribution in [1.82, 2.24) is 15.0 Å². The number of benzene rings is 1. The summed E-state index contributed by atoms with van der Waals surface area (Å²) in [4.78, 5) is 16.9. The van der Waals surface area contributed by atoms with Crippen LogP contribution in [0.15, 0.2) is 41.4 Å². The fraction of sp³-hybridized carbons (Fsp3) is 0.167. The lowest BCUT2D eigenvalue weighted by atomic mass is 10.1. The summed E-state index contributed by atoms with van der Waals surface area (Å²) in [6.45, 7) is 3.00. The monoisotopic (exact) mass is 350 g/mol. The predicted molar refractivity (Wildman–Crippen MR) is 100 cm³/mol. The van der Waals surface area contributed by atoms with Crippen molar-refractivity contribution in [2.75, 3.05) is 11.4 Å². The zero-order chi connectivity index (χ0) is 16.1. The van der Waals surface area contributed by atoms with Gasteiger partial charge in [0.1, 0.15) is 17.0 Å². The van der Waals surface area contributed by atoms with Gasteiger partial charge >= 0.3 is 0 Å². The minimum absolute atomic E-state index is 0.955. The van der Waals surface area contributed by atoms with E-state index in [2.05, 4.69) is 54.9 Å². The lowest BCUT2D eigenvalue weighted by Crippen LogP contribution is -2.15. The number of aryl methyl sites for hydroxylation is 1. The van der Waals surface area contributed by atoms with Gasteiger partial charge in [-0.05, 0) is 42.5 Å². The maximum absolute atomic E-state index is 4.60. The first-order valence-electron chi connectivity index (χ1n) is 7.81. The maximum atomic E-state index is 4.60. The van der Waals surface area contributed by atoms with Crippen molar-refractivity contribution in [3.05, 3.63) is 51.9 Å². The van der Waals surface area contributed by atoms with Crippen LogP contribution in [0.25, 0.3) is 21.5 Å². The van der Waals surface area contributed by atoms with Gasteiger partial charge in [-0.1, -0.05) is 6.07 Å². The fourth-order valence-corrected chi connectivity index (χ4v) is 4.62. The number of hydrogen-bond acceptors (Lipinski definition) is 6. The van der Waals surface area contributed by atoms with Crippen LogP contribution in [0.1, 0.15) is 10.6 Å². The molecular formula is C18H14N4S2. The Labute approximate surface area is 147 Å². The molecule has 0 spiro atoms. The molecule has 6 heteroatoms. The summed E-state index contributed by atoms with van der Waals surface area (Å²) in [7, 11) is 0. The van der Waals surface area contributed by atoms with E-state index in [0.717, 1.165) is 39.7 Å². The van der Waals surface area contributed by atoms with Crippen LogP contribution in [0.5, 0.6) is 0 Å². The minimum atomic E-state index is 0.955. The second kappa shape index (κ2) is 5.36. The molecular weight excluding hydrogens is 336 g/mol. The van der Waals surface area contributed by atoms with Crippen molar-refractivity contribution in [3.8, 4) is 11.3 Å². The molecule has 3 aromatic heterocycles. The van der Waals surface area contributed by atoms with E-state index in [1.807, 2.05) is 6.92 Å². The quantitative estimate of drug-likeness (QED) is 0.520. The fourth-order valence-electron chi connectivity index (χ4n) is 3.27. The van der Waals surface area contributed by atoms with E-state index >= 15 is 0 Å². The molecule has 0 radical (unpaired) electrons. The number of anilines is 2. The lowest BCUT2D eigenvalue weighted by molar-refractivity contribution is 0.975. The van der Waals surface area contributed by atoms with Gasteiger partial charge in [-0.25, -0.2) is 15.0 Å². The summed E-state index contributed by atoms with van der Waals surface area (Å²) in [6, 6.07) is 8.75. The molecule has 0 N–H and O–H groups in total. The van der Waals surface area contributed by atoms with Gasteiger partial charge in [0.25, 0.3) is 0 Å². The molecule has 0 unspecified atom stereocenters. The van der Waals surface area contributed by atoms with E-state index in [9.17, 15) is 0 Å². The Morgan fingerprint density at radius 2 is 2.08 bits per heavy atom. The van der Waals surface area contributed by atoms with Crippen molar-refractivity contribution >= 4 is 44.4 Å². The molecule has 4 heterocycles. The minimum Gasteiger partial charge on any atom is -0.325 e. The Hall–Kier alpha value is -2.31. The van der Waals surface area contributed by atoms with Crippen LogP contribution in [-0.2, 0) is 6.42 Å². The van der Waals surface area contributed by atoms with Crippen molar-refractivity contribution in [1.29, 1.82) is 0 Å². The van der Waals surface area contributed by atoms with Gasteiger partial charge in [0.05, 0.1) is 16.1 Å². The molecule has 1 aromatic carbocycles. The lowest BCUT2D eigenvalue weighted by Gasteiger charge is -2.19. The summed E-state index contributed by atoms with van der Waals surface area (Å²) >= 11 is 3.35. The Morgan fingerprint density at radius 3 is 2.96 bits per heavy atom. The molecule has 0 aliphatic carbocycles. The van der Waals surface area contributed by atoms with Gasteiger partial charge in [-0.2, -0.15) is 0 Å². The molecule has 0 atom stereocenters. The standard InChI is InChI=1S/C18H14N4S2/c1-11-21-15(9-24-11)12-2-3-16-13(8-12)4-6-22(16)17-14-5-7-23-18(14)20-10-19-17/h2-3,5,7-10H,4,6H2,1H3. The van der Waals surface area contributed by atoms with E-state index in [4.69, 9.17) is 0 Å². The smallest absolute Gasteiger partial charge is 0.145 e. The molecule has 0 saturated carbocycles. The van der Waals surface area contributed by atoms with Crippen LogP contribution in [0.4, 0.5) is 11.5 Å². The first kappa shape index (κ1) is 14.1. The highest BCUT2D eigenvalue weighted by molar-refractivity contribution is 7.16. The summed E-state index contributed by atoms with van der Waals surface area (Å²) in [5, 5.41) is 6.44. The molecule has 1 aliphatic heterocycles. The number of nitrogens with zero attached hydrogens (tertiary/aromatic N) is 4. The Kier molecular flexibility index (Phi) is 3.14. The second-order valence-electron chi connectivity index (χ2n) is 5.83. The number of rotatable bonds is 2. The van der Waals surface area contributed by atoms with Gasteiger partial charge in [0.15, 0.2) is 0 Å². The third kappa shape index (κ3) is 2.14. The summed E-state index contributed by atoms with van der Waals surface area (Å²) in [5.74, 6) is 1.01. The van der Waals surface area contributed by atoms with E-state index < -0.39 is 0 Å². The van der Waals surface area contributed by atoms with E-state index in [1.165, 1.54) is 16.8 Å². The largest absolute Gasteiger partial charge is 0.325 e. The summed E-state index contributed by atoms with van der Waals surface area (Å²) in [6.07, 6.45) is 2.69. The number of thiophene rings is 1. The van der Waals surface area contributed by atoms with Crippen LogP contribution < -0.4 is 4.90 Å². The molecule has 1 aliphatic rings.